The molecule has 1 unspecified atom stereocenters. The number of hydrogen-bond acceptors (Lipinski definition) is 4. The molecule has 0 aliphatic carbocycles. The quantitative estimate of drug-likeness (QED) is 0.440. The van der Waals surface area contributed by atoms with Gasteiger partial charge in [-0.15, -0.1) is 0 Å². The van der Waals surface area contributed by atoms with Crippen LogP contribution in [0.2, 0.25) is 0 Å². The smallest absolute Gasteiger partial charge is 0.334 e. The maximum Gasteiger partial charge on any atom is 0.334 e. The maximum atomic E-state index is 11.6. The number of nitrogens with one attached hydrogen (secondary N) is 2. The first kappa shape index (κ1) is 14.0. The largest absolute Gasteiger partial charge is 0.479 e. The second-order valence-electron chi connectivity index (χ2n) is 3.67. The molecule has 102 valence electrons. The van der Waals surface area contributed by atoms with Gasteiger partial charge in [0.05, 0.1) is 13.2 Å². The van der Waals surface area contributed by atoms with Crippen LogP contribution in [-0.2, 0) is 9.53 Å². The second kappa shape index (κ2) is 6.64. The number of amides is 4. The molecule has 1 aliphatic rings. The number of primary amides is 1. The number of hydrogen-bond donors (Lipinski definition) is 4. The molecule has 1 saturated heterocycles. The summed E-state index contributed by atoms with van der Waals surface area (Å²) >= 11 is 0. The number of carbonyl (C=O) groups is 3. The Kier molecular flexibility index (Phi) is 5.18. The van der Waals surface area contributed by atoms with E-state index in [0.717, 1.165) is 0 Å². The third-order valence-electron chi connectivity index (χ3n) is 2.33. The third kappa shape index (κ3) is 4.45. The van der Waals surface area contributed by atoms with Crippen LogP contribution in [-0.4, -0.2) is 66.9 Å². The van der Waals surface area contributed by atoms with Crippen LogP contribution >= 0.6 is 0 Å². The number of carbonyl (C=O) groups excluding carboxylic acids is 2. The number of nitrogens with two attached hydrogens (primary N) is 1. The van der Waals surface area contributed by atoms with Crippen molar-refractivity contribution in [2.45, 2.75) is 6.10 Å². The van der Waals surface area contributed by atoms with Gasteiger partial charge in [0, 0.05) is 19.6 Å². The molecule has 0 aromatic rings. The summed E-state index contributed by atoms with van der Waals surface area (Å²) in [4.78, 5) is 34.1. The van der Waals surface area contributed by atoms with Crippen molar-refractivity contribution in [2.75, 3.05) is 32.8 Å². The summed E-state index contributed by atoms with van der Waals surface area (Å²) in [6.45, 7) is 0.956. The van der Waals surface area contributed by atoms with Gasteiger partial charge in [-0.05, 0) is 0 Å². The number of carboxylic acid groups (broad SMARTS) is 1. The molecule has 1 rings (SSSR count). The molecule has 0 aromatic carbocycles. The molecule has 1 aliphatic heterocycles. The summed E-state index contributed by atoms with van der Waals surface area (Å²) < 4.78 is 4.98. The predicted octanol–water partition coefficient (Wildman–Crippen LogP) is -1.85. The molecular formula is C9H16N4O5. The molecule has 0 aromatic heterocycles. The van der Waals surface area contributed by atoms with Gasteiger partial charge in [0.1, 0.15) is 0 Å². The summed E-state index contributed by atoms with van der Waals surface area (Å²) in [7, 11) is 0. The Bertz CT molecular complexity index is 335. The van der Waals surface area contributed by atoms with E-state index in [2.05, 4.69) is 10.6 Å². The number of aliphatic carboxylic acids is 1. The molecule has 0 saturated carbocycles. The van der Waals surface area contributed by atoms with Gasteiger partial charge in [-0.1, -0.05) is 0 Å². The van der Waals surface area contributed by atoms with E-state index >= 15 is 0 Å². The highest BCUT2D eigenvalue weighted by Crippen LogP contribution is 2.05. The zero-order valence-electron chi connectivity index (χ0n) is 9.72. The molecule has 9 nitrogen and oxygen atoms in total. The van der Waals surface area contributed by atoms with Gasteiger partial charge in [-0.2, -0.15) is 0 Å². The van der Waals surface area contributed by atoms with Crippen LogP contribution in [0.3, 0.4) is 0 Å². The molecule has 5 N–H and O–H groups in total. The number of ether oxygens (including phenoxy) is 1. The Morgan fingerprint density at radius 3 is 2.61 bits per heavy atom. The van der Waals surface area contributed by atoms with Crippen LogP contribution in [0.15, 0.2) is 0 Å². The molecule has 1 atom stereocenters. The minimum atomic E-state index is -1.09. The van der Waals surface area contributed by atoms with Crippen molar-refractivity contribution in [1.82, 2.24) is 15.5 Å². The molecule has 0 spiro atoms. The van der Waals surface area contributed by atoms with Crippen molar-refractivity contribution >= 4 is 18.0 Å². The molecule has 1 heterocycles. The van der Waals surface area contributed by atoms with Crippen molar-refractivity contribution in [1.29, 1.82) is 0 Å². The fraction of sp³-hybridized carbons (Fsp3) is 0.667. The Morgan fingerprint density at radius 2 is 2.00 bits per heavy atom. The summed E-state index contributed by atoms with van der Waals surface area (Å²) in [6, 6.07) is -1.06. The zero-order chi connectivity index (χ0) is 13.5. The first-order chi connectivity index (χ1) is 8.50. The Labute approximate surface area is 103 Å². The SMILES string of the molecule is NC(=O)NCCNC(=O)N1CCOC(C(=O)O)C1. The highest BCUT2D eigenvalue weighted by atomic mass is 16.5. The first-order valence-corrected chi connectivity index (χ1v) is 5.41. The van der Waals surface area contributed by atoms with E-state index in [1.54, 1.807) is 0 Å². The summed E-state index contributed by atoms with van der Waals surface area (Å²) in [6.07, 6.45) is -0.992. The highest BCUT2D eigenvalue weighted by Gasteiger charge is 2.28. The Balaban J connectivity index is 2.28. The van der Waals surface area contributed by atoms with Crippen LogP contribution < -0.4 is 16.4 Å². The van der Waals surface area contributed by atoms with E-state index in [1.807, 2.05) is 0 Å². The molecule has 18 heavy (non-hydrogen) atoms. The first-order valence-electron chi connectivity index (χ1n) is 5.41. The fourth-order valence-corrected chi connectivity index (χ4v) is 1.45. The summed E-state index contributed by atoms with van der Waals surface area (Å²) in [5, 5.41) is 13.6. The van der Waals surface area contributed by atoms with Gasteiger partial charge in [0.2, 0.25) is 0 Å². The number of rotatable bonds is 4. The van der Waals surface area contributed by atoms with Crippen molar-refractivity contribution in [3.05, 3.63) is 0 Å². The van der Waals surface area contributed by atoms with Gasteiger partial charge in [-0.3, -0.25) is 0 Å². The molecule has 4 amide bonds. The van der Waals surface area contributed by atoms with Gasteiger partial charge in [0.25, 0.3) is 0 Å². The molecule has 0 bridgehead atoms. The number of nitrogens with zero attached hydrogens (tertiary/aromatic N) is 1. The van der Waals surface area contributed by atoms with E-state index in [0.29, 0.717) is 6.54 Å². The van der Waals surface area contributed by atoms with Crippen molar-refractivity contribution < 1.29 is 24.2 Å². The summed E-state index contributed by atoms with van der Waals surface area (Å²) in [5.41, 5.74) is 4.85. The number of carboxylic acids is 1. The molecule has 1 fully saturated rings. The van der Waals surface area contributed by atoms with Gasteiger partial charge < -0.3 is 31.1 Å². The normalized spacial score (nSPS) is 19.1. The van der Waals surface area contributed by atoms with E-state index in [-0.39, 0.29) is 26.2 Å². The zero-order valence-corrected chi connectivity index (χ0v) is 9.72. The third-order valence-corrected chi connectivity index (χ3v) is 2.33. The Morgan fingerprint density at radius 1 is 1.33 bits per heavy atom. The molecule has 0 radical (unpaired) electrons. The van der Waals surface area contributed by atoms with Crippen LogP contribution in [0.1, 0.15) is 0 Å². The topological polar surface area (TPSA) is 134 Å². The van der Waals surface area contributed by atoms with Crippen LogP contribution in [0.4, 0.5) is 9.59 Å². The van der Waals surface area contributed by atoms with Crippen molar-refractivity contribution in [3.63, 3.8) is 0 Å². The average Bonchev–Trinajstić information content (AvgIpc) is 2.34. The van der Waals surface area contributed by atoms with Crippen molar-refractivity contribution in [3.8, 4) is 0 Å². The fourth-order valence-electron chi connectivity index (χ4n) is 1.45. The minimum Gasteiger partial charge on any atom is -0.479 e. The lowest BCUT2D eigenvalue weighted by Gasteiger charge is -2.30. The van der Waals surface area contributed by atoms with E-state index in [9.17, 15) is 14.4 Å². The lowest BCUT2D eigenvalue weighted by Crippen LogP contribution is -2.52. The summed E-state index contributed by atoms with van der Waals surface area (Å²) in [5.74, 6) is -1.09. The standard InChI is InChI=1S/C9H16N4O5/c10-8(16)11-1-2-12-9(17)13-3-4-18-6(5-13)7(14)15/h6H,1-5H2,(H,12,17)(H,14,15)(H3,10,11,16). The lowest BCUT2D eigenvalue weighted by atomic mass is 10.3. The van der Waals surface area contributed by atoms with Crippen LogP contribution in [0, 0.1) is 0 Å². The van der Waals surface area contributed by atoms with Crippen LogP contribution in [0.25, 0.3) is 0 Å². The number of morpholine rings is 1. The second-order valence-corrected chi connectivity index (χ2v) is 3.67. The van der Waals surface area contributed by atoms with Crippen LogP contribution in [0.5, 0.6) is 0 Å². The average molecular weight is 260 g/mol. The maximum absolute atomic E-state index is 11.6. The van der Waals surface area contributed by atoms with Gasteiger partial charge in [0.15, 0.2) is 6.10 Å². The number of urea groups is 2. The molecule has 9 heteroatoms. The predicted molar refractivity (Wildman–Crippen MR) is 59.9 cm³/mol. The van der Waals surface area contributed by atoms with Gasteiger partial charge in [-0.25, -0.2) is 14.4 Å². The van der Waals surface area contributed by atoms with Crippen molar-refractivity contribution in [2.24, 2.45) is 5.73 Å². The lowest BCUT2D eigenvalue weighted by molar-refractivity contribution is -0.154. The minimum absolute atomic E-state index is 0.00438. The van der Waals surface area contributed by atoms with E-state index < -0.39 is 24.1 Å². The van der Waals surface area contributed by atoms with Gasteiger partial charge >= 0.3 is 18.0 Å². The monoisotopic (exact) mass is 260 g/mol. The molecular weight excluding hydrogens is 244 g/mol. The van der Waals surface area contributed by atoms with E-state index in [4.69, 9.17) is 15.6 Å². The van der Waals surface area contributed by atoms with E-state index in [1.165, 1.54) is 4.90 Å². The highest BCUT2D eigenvalue weighted by molar-refractivity contribution is 5.77. The Hall–Kier alpha value is -2.03.